The fourth-order valence-electron chi connectivity index (χ4n) is 6.56. The number of aliphatic hydroxyl groups excluding tert-OH is 3. The van der Waals surface area contributed by atoms with Gasteiger partial charge in [0.2, 0.25) is 0 Å². The predicted octanol–water partition coefficient (Wildman–Crippen LogP) is 2.92. The highest BCUT2D eigenvalue weighted by atomic mass is 16.4. The van der Waals surface area contributed by atoms with E-state index in [1.807, 2.05) is 60.7 Å². The molecule has 0 bridgehead atoms. The summed E-state index contributed by atoms with van der Waals surface area (Å²) in [5.74, 6) is 0.387. The van der Waals surface area contributed by atoms with Crippen molar-refractivity contribution in [3.05, 3.63) is 71.8 Å². The minimum atomic E-state index is -1.98. The van der Waals surface area contributed by atoms with Crippen molar-refractivity contribution < 1.29 is 25.5 Å². The molecule has 2 fully saturated rings. The molecular formula is C29H41NO5. The molecule has 0 radical (unpaired) electrons. The Morgan fingerprint density at radius 2 is 1.34 bits per heavy atom. The molecule has 0 aliphatic heterocycles. The maximum absolute atomic E-state index is 12.2. The Morgan fingerprint density at radius 3 is 1.83 bits per heavy atom. The van der Waals surface area contributed by atoms with Crippen molar-refractivity contribution in [2.24, 2.45) is 11.3 Å². The summed E-state index contributed by atoms with van der Waals surface area (Å²) < 4.78 is 0. The summed E-state index contributed by atoms with van der Waals surface area (Å²) in [5.41, 5.74) is -2.73. The third-order valence-electron chi connectivity index (χ3n) is 8.84. The summed E-state index contributed by atoms with van der Waals surface area (Å²) in [6, 6.07) is 19.2. The lowest BCUT2D eigenvalue weighted by molar-refractivity contribution is -0.129. The second kappa shape index (κ2) is 10.3. The summed E-state index contributed by atoms with van der Waals surface area (Å²) in [7, 11) is 0. The molecule has 0 saturated heterocycles. The molecule has 0 aromatic heterocycles. The van der Waals surface area contributed by atoms with Gasteiger partial charge in [-0.2, -0.15) is 0 Å². The molecule has 0 heterocycles. The molecule has 6 N–H and O–H groups in total. The summed E-state index contributed by atoms with van der Waals surface area (Å²) in [6.45, 7) is 2.73. The van der Waals surface area contributed by atoms with E-state index >= 15 is 0 Å². The third kappa shape index (κ3) is 4.45. The standard InChI is InChI=1S/C29H41NO5/c1-27(2)28(34,29(27,35)26(33)23(32)19-31)24(18-20-12-6-3-7-13-20)30-25(21-14-8-4-9-15-21)22-16-10-5-11-17-22/h4-5,8-11,14-17,20,23-26,30-35H,3,6-7,12-13,18-19H2,1-2H3/t23-,24?,26-,28+,29+/m1/s1. The van der Waals surface area contributed by atoms with E-state index in [-0.39, 0.29) is 6.04 Å². The summed E-state index contributed by atoms with van der Waals surface area (Å²) in [4.78, 5) is 0. The van der Waals surface area contributed by atoms with E-state index < -0.39 is 41.5 Å². The number of nitrogens with one attached hydrogen (secondary N) is 1. The van der Waals surface area contributed by atoms with E-state index in [2.05, 4.69) is 5.32 Å². The Bertz CT molecular complexity index is 909. The molecule has 2 aromatic carbocycles. The first kappa shape index (κ1) is 26.3. The van der Waals surface area contributed by atoms with Crippen LogP contribution in [0.4, 0.5) is 0 Å². The zero-order valence-electron chi connectivity index (χ0n) is 20.8. The molecule has 2 saturated carbocycles. The fourth-order valence-corrected chi connectivity index (χ4v) is 6.56. The van der Waals surface area contributed by atoms with Crippen LogP contribution < -0.4 is 5.32 Å². The number of rotatable bonds is 10. The Morgan fingerprint density at radius 1 is 0.829 bits per heavy atom. The van der Waals surface area contributed by atoms with Crippen molar-refractivity contribution in [1.29, 1.82) is 0 Å². The molecule has 192 valence electrons. The highest BCUT2D eigenvalue weighted by molar-refractivity contribution is 5.40. The Balaban J connectivity index is 1.74. The van der Waals surface area contributed by atoms with Crippen LogP contribution in [0.2, 0.25) is 0 Å². The van der Waals surface area contributed by atoms with Crippen molar-refractivity contribution in [3.63, 3.8) is 0 Å². The van der Waals surface area contributed by atoms with Crippen LogP contribution >= 0.6 is 0 Å². The van der Waals surface area contributed by atoms with Crippen LogP contribution in [-0.2, 0) is 0 Å². The first-order chi connectivity index (χ1) is 16.7. The quantitative estimate of drug-likeness (QED) is 0.310. The summed E-state index contributed by atoms with van der Waals surface area (Å²) >= 11 is 0. The number of hydrogen-bond donors (Lipinski definition) is 6. The highest BCUT2D eigenvalue weighted by Gasteiger charge is 2.87. The third-order valence-corrected chi connectivity index (χ3v) is 8.84. The van der Waals surface area contributed by atoms with E-state index in [4.69, 9.17) is 0 Å². The normalized spacial score (nSPS) is 29.0. The van der Waals surface area contributed by atoms with Gasteiger partial charge in [0.05, 0.1) is 12.6 Å². The van der Waals surface area contributed by atoms with Gasteiger partial charge in [-0.1, -0.05) is 107 Å². The zero-order valence-corrected chi connectivity index (χ0v) is 20.8. The zero-order chi connectivity index (χ0) is 25.3. The van der Waals surface area contributed by atoms with Gasteiger partial charge >= 0.3 is 0 Å². The predicted molar refractivity (Wildman–Crippen MR) is 136 cm³/mol. The van der Waals surface area contributed by atoms with Crippen LogP contribution in [0.5, 0.6) is 0 Å². The average molecular weight is 484 g/mol. The molecule has 2 aromatic rings. The molecule has 4 rings (SSSR count). The monoisotopic (exact) mass is 483 g/mol. The Kier molecular flexibility index (Phi) is 7.72. The van der Waals surface area contributed by atoms with Crippen molar-refractivity contribution >= 4 is 0 Å². The fraction of sp³-hybridized carbons (Fsp3) is 0.586. The molecule has 1 unspecified atom stereocenters. The first-order valence-electron chi connectivity index (χ1n) is 13.0. The van der Waals surface area contributed by atoms with Crippen LogP contribution in [0, 0.1) is 11.3 Å². The van der Waals surface area contributed by atoms with Gasteiger partial charge in [-0.05, 0) is 23.5 Å². The minimum Gasteiger partial charge on any atom is -0.394 e. The van der Waals surface area contributed by atoms with Gasteiger partial charge in [-0.25, -0.2) is 0 Å². The van der Waals surface area contributed by atoms with Gasteiger partial charge in [-0.3, -0.25) is 0 Å². The molecule has 5 atom stereocenters. The van der Waals surface area contributed by atoms with E-state index in [0.29, 0.717) is 12.3 Å². The highest BCUT2D eigenvalue weighted by Crippen LogP contribution is 2.69. The van der Waals surface area contributed by atoms with E-state index in [1.165, 1.54) is 6.42 Å². The number of benzene rings is 2. The lowest BCUT2D eigenvalue weighted by atomic mass is 9.81. The van der Waals surface area contributed by atoms with Crippen LogP contribution in [-0.4, -0.2) is 61.6 Å². The van der Waals surface area contributed by atoms with E-state index in [0.717, 1.165) is 36.8 Å². The van der Waals surface area contributed by atoms with Crippen molar-refractivity contribution in [3.8, 4) is 0 Å². The maximum atomic E-state index is 12.2. The second-order valence-electron chi connectivity index (χ2n) is 11.1. The van der Waals surface area contributed by atoms with Gasteiger partial charge in [0.1, 0.15) is 23.4 Å². The molecule has 2 aliphatic rings. The van der Waals surface area contributed by atoms with Crippen molar-refractivity contribution in [2.75, 3.05) is 6.61 Å². The topological polar surface area (TPSA) is 113 Å². The van der Waals surface area contributed by atoms with Crippen LogP contribution in [0.25, 0.3) is 0 Å². The van der Waals surface area contributed by atoms with Gasteiger partial charge < -0.3 is 30.8 Å². The molecular weight excluding hydrogens is 442 g/mol. The van der Waals surface area contributed by atoms with Crippen LogP contribution in [0.15, 0.2) is 60.7 Å². The summed E-state index contributed by atoms with van der Waals surface area (Å²) in [5, 5.41) is 58.1. The Hall–Kier alpha value is -1.80. The second-order valence-corrected chi connectivity index (χ2v) is 11.1. The molecule has 0 amide bonds. The molecule has 6 heteroatoms. The number of aliphatic hydroxyl groups is 5. The van der Waals surface area contributed by atoms with Gasteiger partial charge in [0.15, 0.2) is 0 Å². The number of hydrogen-bond acceptors (Lipinski definition) is 6. The lowest BCUT2D eigenvalue weighted by Gasteiger charge is -2.37. The van der Waals surface area contributed by atoms with Crippen molar-refractivity contribution in [1.82, 2.24) is 5.32 Å². The van der Waals surface area contributed by atoms with E-state index in [9.17, 15) is 25.5 Å². The Labute approximate surface area is 208 Å². The summed E-state index contributed by atoms with van der Waals surface area (Å²) in [6.07, 6.45) is 3.05. The lowest BCUT2D eigenvalue weighted by Crippen LogP contribution is -2.55. The first-order valence-corrected chi connectivity index (χ1v) is 13.0. The molecule has 2 aliphatic carbocycles. The molecule has 0 spiro atoms. The van der Waals surface area contributed by atoms with Crippen LogP contribution in [0.1, 0.15) is 69.5 Å². The largest absolute Gasteiger partial charge is 0.394 e. The van der Waals surface area contributed by atoms with Crippen molar-refractivity contribution in [2.45, 2.75) is 87.9 Å². The van der Waals surface area contributed by atoms with Crippen LogP contribution in [0.3, 0.4) is 0 Å². The minimum absolute atomic E-state index is 0.240. The SMILES string of the molecule is CC1(C)[C@@](O)(C(CC2CCCCC2)NC(c2ccccc2)c2ccccc2)[C@]1(O)[C@H](O)[C@H](O)CO. The van der Waals surface area contributed by atoms with E-state index in [1.54, 1.807) is 13.8 Å². The van der Waals surface area contributed by atoms with Gasteiger partial charge in [0, 0.05) is 11.5 Å². The average Bonchev–Trinajstić information content (AvgIpc) is 3.26. The van der Waals surface area contributed by atoms with Gasteiger partial charge in [-0.15, -0.1) is 0 Å². The maximum Gasteiger partial charge on any atom is 0.132 e. The van der Waals surface area contributed by atoms with Gasteiger partial charge in [0.25, 0.3) is 0 Å². The molecule has 6 nitrogen and oxygen atoms in total. The smallest absolute Gasteiger partial charge is 0.132 e. The molecule has 35 heavy (non-hydrogen) atoms.